The number of aliphatic carboxylic acids is 1. The maximum Gasteiger partial charge on any atom is 0.316 e. The zero-order valence-electron chi connectivity index (χ0n) is 19.2. The number of carbonyl (C=O) groups excluding carboxylic acids is 1. The summed E-state index contributed by atoms with van der Waals surface area (Å²) in [5.74, 6) is 0.0257. The van der Waals surface area contributed by atoms with E-state index in [2.05, 4.69) is 21.4 Å². The SMILES string of the molecule is COc1ncc([C@H](CCC(=O)CCCCc2nc3c(cc2C2CC2)CCCN3)C(=O)O)cn1. The number of unbranched alkanes of at least 4 members (excludes halogenated alkanes) is 1. The lowest BCUT2D eigenvalue weighted by Crippen LogP contribution is -2.15. The minimum atomic E-state index is -0.976. The van der Waals surface area contributed by atoms with Gasteiger partial charge in [-0.15, -0.1) is 0 Å². The van der Waals surface area contributed by atoms with Gasteiger partial charge in [-0.2, -0.15) is 0 Å². The van der Waals surface area contributed by atoms with Crippen LogP contribution in [0.3, 0.4) is 0 Å². The summed E-state index contributed by atoms with van der Waals surface area (Å²) in [6, 6.07) is 2.55. The number of hydrogen-bond donors (Lipinski definition) is 2. The number of pyridine rings is 1. The maximum absolute atomic E-state index is 12.4. The summed E-state index contributed by atoms with van der Waals surface area (Å²) in [5.41, 5.74) is 4.42. The Morgan fingerprint density at radius 2 is 2.00 bits per heavy atom. The number of ether oxygens (including phenoxy) is 1. The zero-order chi connectivity index (χ0) is 23.2. The Balaban J connectivity index is 1.25. The third-order valence-electron chi connectivity index (χ3n) is 6.51. The number of hydrogen-bond acceptors (Lipinski definition) is 7. The number of ketones is 1. The van der Waals surface area contributed by atoms with Crippen molar-refractivity contribution < 1.29 is 19.4 Å². The molecule has 2 N–H and O–H groups in total. The number of nitrogens with zero attached hydrogens (tertiary/aromatic N) is 3. The fraction of sp³-hybridized carbons (Fsp3) is 0.560. The van der Waals surface area contributed by atoms with Gasteiger partial charge in [0.15, 0.2) is 0 Å². The molecule has 0 bridgehead atoms. The third kappa shape index (κ3) is 6.06. The number of fused-ring (bicyclic) bond motifs is 1. The van der Waals surface area contributed by atoms with Crippen molar-refractivity contribution in [3.8, 4) is 6.01 Å². The number of Topliss-reactive ketones (excluding diaryl/α,β-unsaturated/α-hetero) is 1. The molecule has 1 aliphatic carbocycles. The molecule has 4 rings (SSSR count). The molecule has 2 aromatic heterocycles. The van der Waals surface area contributed by atoms with E-state index in [1.165, 1.54) is 49.2 Å². The minimum Gasteiger partial charge on any atom is -0.481 e. The summed E-state index contributed by atoms with van der Waals surface area (Å²) < 4.78 is 4.91. The molecule has 33 heavy (non-hydrogen) atoms. The van der Waals surface area contributed by atoms with Crippen LogP contribution in [0, 0.1) is 0 Å². The number of aryl methyl sites for hydroxylation is 2. The Hall–Kier alpha value is -3.03. The molecule has 1 saturated carbocycles. The van der Waals surface area contributed by atoms with Crippen LogP contribution < -0.4 is 10.1 Å². The van der Waals surface area contributed by atoms with E-state index in [0.717, 1.165) is 44.5 Å². The average Bonchev–Trinajstić information content (AvgIpc) is 3.67. The van der Waals surface area contributed by atoms with Crippen LogP contribution in [0.15, 0.2) is 18.5 Å². The van der Waals surface area contributed by atoms with Gasteiger partial charge in [-0.05, 0) is 68.4 Å². The highest BCUT2D eigenvalue weighted by molar-refractivity contribution is 5.80. The van der Waals surface area contributed by atoms with E-state index in [1.54, 1.807) is 0 Å². The second-order valence-electron chi connectivity index (χ2n) is 9.02. The van der Waals surface area contributed by atoms with Crippen LogP contribution in [-0.4, -0.2) is 45.5 Å². The first-order valence-electron chi connectivity index (χ1n) is 11.9. The van der Waals surface area contributed by atoms with Gasteiger partial charge in [-0.3, -0.25) is 9.59 Å². The van der Waals surface area contributed by atoms with Crippen LogP contribution >= 0.6 is 0 Å². The van der Waals surface area contributed by atoms with Crippen LogP contribution in [0.25, 0.3) is 0 Å². The fourth-order valence-corrected chi connectivity index (χ4v) is 4.48. The molecule has 0 aromatic carbocycles. The maximum atomic E-state index is 12.4. The third-order valence-corrected chi connectivity index (χ3v) is 6.51. The van der Waals surface area contributed by atoms with E-state index in [9.17, 15) is 14.7 Å². The highest BCUT2D eigenvalue weighted by Gasteiger charge is 2.28. The summed E-state index contributed by atoms with van der Waals surface area (Å²) >= 11 is 0. The lowest BCUT2D eigenvalue weighted by Gasteiger charge is -2.20. The topological polar surface area (TPSA) is 114 Å². The molecule has 0 unspecified atom stereocenters. The van der Waals surface area contributed by atoms with Crippen LogP contribution in [0.4, 0.5) is 5.82 Å². The number of carbonyl (C=O) groups is 2. The zero-order valence-corrected chi connectivity index (χ0v) is 19.2. The lowest BCUT2D eigenvalue weighted by atomic mass is 9.94. The average molecular weight is 453 g/mol. The summed E-state index contributed by atoms with van der Waals surface area (Å²) in [6.45, 7) is 0.983. The summed E-state index contributed by atoms with van der Waals surface area (Å²) in [4.78, 5) is 37.0. The van der Waals surface area contributed by atoms with Gasteiger partial charge in [-0.25, -0.2) is 15.0 Å². The largest absolute Gasteiger partial charge is 0.481 e. The molecule has 176 valence electrons. The van der Waals surface area contributed by atoms with Crippen molar-refractivity contribution in [2.45, 2.75) is 76.0 Å². The van der Waals surface area contributed by atoms with Crippen molar-refractivity contribution in [2.75, 3.05) is 19.0 Å². The Morgan fingerprint density at radius 3 is 2.70 bits per heavy atom. The second-order valence-corrected chi connectivity index (χ2v) is 9.02. The molecule has 0 radical (unpaired) electrons. The van der Waals surface area contributed by atoms with Crippen LogP contribution in [-0.2, 0) is 22.4 Å². The molecule has 8 heteroatoms. The van der Waals surface area contributed by atoms with Crippen LogP contribution in [0.1, 0.15) is 85.6 Å². The molecule has 0 amide bonds. The van der Waals surface area contributed by atoms with Gasteiger partial charge < -0.3 is 15.2 Å². The van der Waals surface area contributed by atoms with Crippen LogP contribution in [0.2, 0.25) is 0 Å². The van der Waals surface area contributed by atoms with Crippen molar-refractivity contribution >= 4 is 17.6 Å². The van der Waals surface area contributed by atoms with E-state index in [1.807, 2.05) is 0 Å². The van der Waals surface area contributed by atoms with Gasteiger partial charge in [-0.1, -0.05) is 6.07 Å². The summed E-state index contributed by atoms with van der Waals surface area (Å²) in [5, 5.41) is 13.0. The Kier molecular flexibility index (Phi) is 7.52. The number of aromatic nitrogens is 3. The Labute approximate surface area is 194 Å². The first-order valence-corrected chi connectivity index (χ1v) is 11.9. The molecule has 3 heterocycles. The predicted molar refractivity (Wildman–Crippen MR) is 124 cm³/mol. The quantitative estimate of drug-likeness (QED) is 0.464. The molecule has 0 spiro atoms. The number of rotatable bonds is 12. The molecule has 1 aliphatic heterocycles. The minimum absolute atomic E-state index is 0.0955. The van der Waals surface area contributed by atoms with E-state index in [4.69, 9.17) is 9.72 Å². The van der Waals surface area contributed by atoms with E-state index in [-0.39, 0.29) is 24.6 Å². The van der Waals surface area contributed by atoms with Crippen molar-refractivity contribution in [2.24, 2.45) is 0 Å². The number of anilines is 1. The standard InChI is InChI=1S/C25H32N4O4/c1-33-25-27-14-18(15-28-25)20(24(31)32)11-10-19(30)6-2-3-7-22-21(16-8-9-16)13-17-5-4-12-26-23(17)29-22/h13-16,20H,2-12H2,1H3,(H,26,29)(H,31,32)/t20-/m0/s1. The number of carboxylic acids is 1. The first kappa shape index (κ1) is 23.1. The number of nitrogens with one attached hydrogen (secondary N) is 1. The normalized spacial score (nSPS) is 15.9. The Morgan fingerprint density at radius 1 is 1.21 bits per heavy atom. The molecule has 2 aliphatic rings. The van der Waals surface area contributed by atoms with Gasteiger partial charge in [0.1, 0.15) is 11.6 Å². The number of carboxylic acid groups (broad SMARTS) is 1. The predicted octanol–water partition coefficient (Wildman–Crippen LogP) is 4.05. The van der Waals surface area contributed by atoms with Crippen molar-refractivity contribution in [3.63, 3.8) is 0 Å². The second kappa shape index (κ2) is 10.7. The summed E-state index contributed by atoms with van der Waals surface area (Å²) in [6.07, 6.45) is 11.2. The van der Waals surface area contributed by atoms with Gasteiger partial charge in [0.2, 0.25) is 0 Å². The number of methoxy groups -OCH3 is 1. The fourth-order valence-electron chi connectivity index (χ4n) is 4.48. The summed E-state index contributed by atoms with van der Waals surface area (Å²) in [7, 11) is 1.45. The monoisotopic (exact) mass is 452 g/mol. The van der Waals surface area contributed by atoms with Crippen molar-refractivity contribution in [1.29, 1.82) is 0 Å². The molecule has 0 saturated heterocycles. The van der Waals surface area contributed by atoms with Crippen molar-refractivity contribution in [3.05, 3.63) is 40.8 Å². The molecule has 1 fully saturated rings. The van der Waals surface area contributed by atoms with E-state index < -0.39 is 11.9 Å². The van der Waals surface area contributed by atoms with Gasteiger partial charge in [0.05, 0.1) is 13.0 Å². The first-order chi connectivity index (χ1) is 16.0. The lowest BCUT2D eigenvalue weighted by molar-refractivity contribution is -0.139. The van der Waals surface area contributed by atoms with E-state index in [0.29, 0.717) is 17.9 Å². The molecule has 2 aromatic rings. The molecule has 1 atom stereocenters. The van der Waals surface area contributed by atoms with Crippen LogP contribution in [0.5, 0.6) is 6.01 Å². The highest BCUT2D eigenvalue weighted by Crippen LogP contribution is 2.43. The Bertz CT molecular complexity index is 989. The highest BCUT2D eigenvalue weighted by atomic mass is 16.5. The molecule has 8 nitrogen and oxygen atoms in total. The smallest absolute Gasteiger partial charge is 0.316 e. The van der Waals surface area contributed by atoms with E-state index >= 15 is 0 Å². The molecular formula is C25H32N4O4. The van der Waals surface area contributed by atoms with Gasteiger partial charge in [0.25, 0.3) is 0 Å². The van der Waals surface area contributed by atoms with Crippen molar-refractivity contribution in [1.82, 2.24) is 15.0 Å². The van der Waals surface area contributed by atoms with Gasteiger partial charge in [0, 0.05) is 43.0 Å². The molecular weight excluding hydrogens is 420 g/mol. The van der Waals surface area contributed by atoms with Gasteiger partial charge >= 0.3 is 12.0 Å².